The fourth-order valence-corrected chi connectivity index (χ4v) is 2.68. The van der Waals surface area contributed by atoms with E-state index in [-0.39, 0.29) is 5.91 Å². The molecule has 0 heterocycles. The summed E-state index contributed by atoms with van der Waals surface area (Å²) in [6, 6.07) is 0.377. The molecule has 1 amide bonds. The van der Waals surface area contributed by atoms with Gasteiger partial charge in [-0.15, -0.1) is 0 Å². The standard InChI is InChI=1S/C12H22N2O/c1-9-4-2-5-10(8-9)14-11(15)12(13)6-3-7-12/h9-10H,2-8,13H2,1H3,(H,14,15). The maximum Gasteiger partial charge on any atom is 0.240 e. The van der Waals surface area contributed by atoms with Crippen molar-refractivity contribution in [2.45, 2.75) is 63.5 Å². The Morgan fingerprint density at radius 2 is 2.07 bits per heavy atom. The van der Waals surface area contributed by atoms with Gasteiger partial charge in [0, 0.05) is 6.04 Å². The van der Waals surface area contributed by atoms with Crippen LogP contribution in [0.4, 0.5) is 0 Å². The molecule has 2 aliphatic rings. The van der Waals surface area contributed by atoms with E-state index in [0.29, 0.717) is 6.04 Å². The van der Waals surface area contributed by atoms with Crippen LogP contribution in [-0.2, 0) is 4.79 Å². The number of hydrogen-bond acceptors (Lipinski definition) is 2. The minimum Gasteiger partial charge on any atom is -0.352 e. The highest BCUT2D eigenvalue weighted by atomic mass is 16.2. The summed E-state index contributed by atoms with van der Waals surface area (Å²) in [4.78, 5) is 11.9. The van der Waals surface area contributed by atoms with E-state index in [1.807, 2.05) is 0 Å². The van der Waals surface area contributed by atoms with Crippen LogP contribution in [-0.4, -0.2) is 17.5 Å². The van der Waals surface area contributed by atoms with Crippen molar-refractivity contribution in [2.75, 3.05) is 0 Å². The number of carbonyl (C=O) groups is 1. The molecule has 2 atom stereocenters. The van der Waals surface area contributed by atoms with Crippen LogP contribution in [0.2, 0.25) is 0 Å². The summed E-state index contributed by atoms with van der Waals surface area (Å²) in [5.74, 6) is 0.840. The molecule has 3 N–H and O–H groups in total. The Labute approximate surface area is 91.8 Å². The van der Waals surface area contributed by atoms with Crippen molar-refractivity contribution >= 4 is 5.91 Å². The molecule has 2 unspecified atom stereocenters. The number of nitrogens with one attached hydrogen (secondary N) is 1. The summed E-state index contributed by atoms with van der Waals surface area (Å²) in [5.41, 5.74) is 5.46. The third-order valence-electron chi connectivity index (χ3n) is 3.97. The molecule has 0 saturated heterocycles. The Kier molecular flexibility index (Phi) is 3.01. The van der Waals surface area contributed by atoms with Gasteiger partial charge in [-0.3, -0.25) is 4.79 Å². The highest BCUT2D eigenvalue weighted by Crippen LogP contribution is 2.30. The molecule has 2 fully saturated rings. The molecule has 86 valence electrons. The molecular formula is C12H22N2O. The van der Waals surface area contributed by atoms with Crippen LogP contribution in [0.5, 0.6) is 0 Å². The Morgan fingerprint density at radius 1 is 1.33 bits per heavy atom. The maximum atomic E-state index is 11.9. The fourth-order valence-electron chi connectivity index (χ4n) is 2.68. The molecule has 0 bridgehead atoms. The lowest BCUT2D eigenvalue weighted by molar-refractivity contribution is -0.130. The van der Waals surface area contributed by atoms with E-state index in [2.05, 4.69) is 12.2 Å². The summed E-state index contributed by atoms with van der Waals surface area (Å²) in [7, 11) is 0. The van der Waals surface area contributed by atoms with Crippen molar-refractivity contribution < 1.29 is 4.79 Å². The first kappa shape index (κ1) is 10.9. The van der Waals surface area contributed by atoms with E-state index in [4.69, 9.17) is 5.73 Å². The summed E-state index contributed by atoms with van der Waals surface area (Å²) in [6.07, 6.45) is 7.63. The maximum absolute atomic E-state index is 11.9. The highest BCUT2D eigenvalue weighted by molar-refractivity contribution is 5.87. The molecule has 2 rings (SSSR count). The van der Waals surface area contributed by atoms with Gasteiger partial charge >= 0.3 is 0 Å². The summed E-state index contributed by atoms with van der Waals surface area (Å²) < 4.78 is 0. The van der Waals surface area contributed by atoms with Crippen LogP contribution in [0.3, 0.4) is 0 Å². The van der Waals surface area contributed by atoms with Crippen molar-refractivity contribution in [1.29, 1.82) is 0 Å². The normalized spacial score (nSPS) is 34.3. The van der Waals surface area contributed by atoms with Gasteiger partial charge in [0.15, 0.2) is 0 Å². The molecule has 0 aromatic carbocycles. The molecule has 0 radical (unpaired) electrons. The number of nitrogens with two attached hydrogens (primary N) is 1. The van der Waals surface area contributed by atoms with Crippen LogP contribution in [0.25, 0.3) is 0 Å². The largest absolute Gasteiger partial charge is 0.352 e. The van der Waals surface area contributed by atoms with Crippen molar-refractivity contribution in [3.63, 3.8) is 0 Å². The lowest BCUT2D eigenvalue weighted by atomic mass is 9.76. The van der Waals surface area contributed by atoms with E-state index in [9.17, 15) is 4.79 Å². The Hall–Kier alpha value is -0.570. The topological polar surface area (TPSA) is 55.1 Å². The zero-order valence-electron chi connectivity index (χ0n) is 9.59. The summed E-state index contributed by atoms with van der Waals surface area (Å²) in [5, 5.41) is 3.13. The molecule has 3 heteroatoms. The van der Waals surface area contributed by atoms with Crippen molar-refractivity contribution in [2.24, 2.45) is 11.7 Å². The van der Waals surface area contributed by atoms with Crippen molar-refractivity contribution in [3.8, 4) is 0 Å². The average molecular weight is 210 g/mol. The molecule has 2 aliphatic carbocycles. The summed E-state index contributed by atoms with van der Waals surface area (Å²) >= 11 is 0. The van der Waals surface area contributed by atoms with Gasteiger partial charge in [0.25, 0.3) is 0 Å². The third-order valence-corrected chi connectivity index (χ3v) is 3.97. The number of carbonyl (C=O) groups excluding carboxylic acids is 1. The van der Waals surface area contributed by atoms with Crippen LogP contribution in [0.15, 0.2) is 0 Å². The first-order chi connectivity index (χ1) is 7.10. The minimum atomic E-state index is -0.527. The van der Waals surface area contributed by atoms with E-state index in [1.54, 1.807) is 0 Å². The molecule has 0 aromatic rings. The van der Waals surface area contributed by atoms with Gasteiger partial charge in [0.05, 0.1) is 5.54 Å². The van der Waals surface area contributed by atoms with Gasteiger partial charge in [-0.2, -0.15) is 0 Å². The molecule has 0 aromatic heterocycles. The van der Waals surface area contributed by atoms with Gasteiger partial charge in [-0.25, -0.2) is 0 Å². The second kappa shape index (κ2) is 4.12. The van der Waals surface area contributed by atoms with Gasteiger partial charge in [0.2, 0.25) is 5.91 Å². The predicted octanol–water partition coefficient (Wildman–Crippen LogP) is 1.56. The third kappa shape index (κ3) is 2.33. The van der Waals surface area contributed by atoms with Crippen molar-refractivity contribution in [1.82, 2.24) is 5.32 Å². The molecular weight excluding hydrogens is 188 g/mol. The Bertz CT molecular complexity index is 248. The number of amides is 1. The summed E-state index contributed by atoms with van der Waals surface area (Å²) in [6.45, 7) is 2.26. The number of hydrogen-bond donors (Lipinski definition) is 2. The zero-order valence-corrected chi connectivity index (χ0v) is 9.59. The van der Waals surface area contributed by atoms with E-state index in [0.717, 1.165) is 38.0 Å². The van der Waals surface area contributed by atoms with Gasteiger partial charge in [0.1, 0.15) is 0 Å². The SMILES string of the molecule is CC1CCCC(NC(=O)C2(N)CCC2)C1. The van der Waals surface area contributed by atoms with E-state index in [1.165, 1.54) is 12.8 Å². The van der Waals surface area contributed by atoms with E-state index < -0.39 is 5.54 Å². The van der Waals surface area contributed by atoms with Crippen LogP contribution >= 0.6 is 0 Å². The molecule has 0 aliphatic heterocycles. The Morgan fingerprint density at radius 3 is 2.60 bits per heavy atom. The first-order valence-corrected chi connectivity index (χ1v) is 6.20. The average Bonchev–Trinajstić information content (AvgIpc) is 2.14. The highest BCUT2D eigenvalue weighted by Gasteiger charge is 2.40. The molecule has 0 spiro atoms. The lowest BCUT2D eigenvalue weighted by Crippen LogP contribution is -2.60. The van der Waals surface area contributed by atoms with Crippen LogP contribution < -0.4 is 11.1 Å². The van der Waals surface area contributed by atoms with E-state index >= 15 is 0 Å². The van der Waals surface area contributed by atoms with Gasteiger partial charge < -0.3 is 11.1 Å². The smallest absolute Gasteiger partial charge is 0.240 e. The second-order valence-electron chi connectivity index (χ2n) is 5.45. The minimum absolute atomic E-state index is 0.0906. The quantitative estimate of drug-likeness (QED) is 0.726. The molecule has 3 nitrogen and oxygen atoms in total. The van der Waals surface area contributed by atoms with Crippen molar-refractivity contribution in [3.05, 3.63) is 0 Å². The van der Waals surface area contributed by atoms with Crippen LogP contribution in [0, 0.1) is 5.92 Å². The predicted molar refractivity (Wildman–Crippen MR) is 60.3 cm³/mol. The second-order valence-corrected chi connectivity index (χ2v) is 5.45. The number of rotatable bonds is 2. The first-order valence-electron chi connectivity index (χ1n) is 6.20. The van der Waals surface area contributed by atoms with Gasteiger partial charge in [-0.05, 0) is 38.0 Å². The van der Waals surface area contributed by atoms with Gasteiger partial charge in [-0.1, -0.05) is 19.8 Å². The molecule has 2 saturated carbocycles. The monoisotopic (exact) mass is 210 g/mol. The Balaban J connectivity index is 1.83. The fraction of sp³-hybridized carbons (Fsp3) is 0.917. The van der Waals surface area contributed by atoms with Crippen LogP contribution in [0.1, 0.15) is 51.9 Å². The zero-order chi connectivity index (χ0) is 10.9. The molecule has 15 heavy (non-hydrogen) atoms. The lowest BCUT2D eigenvalue weighted by Gasteiger charge is -2.38.